The fraction of sp³-hybridized carbons (Fsp3) is 0.500. The molecule has 1 aromatic heterocycles. The summed E-state index contributed by atoms with van der Waals surface area (Å²) in [5.41, 5.74) is 0.109. The standard InChI is InChI=1S/C10H13N3O2S/c14-13(15)9-4-2-6-12-10(9)16-8-3-1-5-11-7-8/h2,4,6,8,11H,1,3,5,7H2/t8-/m0/s1. The molecule has 0 amide bonds. The minimum atomic E-state index is -0.369. The maximum atomic E-state index is 10.8. The van der Waals surface area contributed by atoms with Crippen molar-refractivity contribution >= 4 is 17.4 Å². The SMILES string of the molecule is O=[N+]([O-])c1cccnc1S[C@H]1CCCNC1. The summed E-state index contributed by atoms with van der Waals surface area (Å²) in [5.74, 6) is 0. The van der Waals surface area contributed by atoms with Crippen molar-refractivity contribution in [2.45, 2.75) is 23.1 Å². The van der Waals surface area contributed by atoms with Crippen LogP contribution in [0.3, 0.4) is 0 Å². The van der Waals surface area contributed by atoms with E-state index in [1.165, 1.54) is 17.8 Å². The van der Waals surface area contributed by atoms with Gasteiger partial charge >= 0.3 is 5.69 Å². The number of piperidine rings is 1. The van der Waals surface area contributed by atoms with E-state index < -0.39 is 0 Å². The first-order chi connectivity index (χ1) is 7.77. The summed E-state index contributed by atoms with van der Waals surface area (Å²) < 4.78 is 0. The largest absolute Gasteiger partial charge is 0.316 e. The van der Waals surface area contributed by atoms with Gasteiger partial charge in [0.15, 0.2) is 5.03 Å². The third-order valence-electron chi connectivity index (χ3n) is 2.48. The van der Waals surface area contributed by atoms with Crippen LogP contribution in [0.5, 0.6) is 0 Å². The fourth-order valence-electron chi connectivity index (χ4n) is 1.69. The third-order valence-corrected chi connectivity index (χ3v) is 3.75. The fourth-order valence-corrected chi connectivity index (χ4v) is 2.88. The highest BCUT2D eigenvalue weighted by Crippen LogP contribution is 2.31. The number of pyridine rings is 1. The first-order valence-corrected chi connectivity index (χ1v) is 6.12. The van der Waals surface area contributed by atoms with E-state index in [4.69, 9.17) is 0 Å². The summed E-state index contributed by atoms with van der Waals surface area (Å²) in [5, 5.41) is 15.0. The maximum Gasteiger partial charge on any atom is 0.301 e. The van der Waals surface area contributed by atoms with E-state index in [1.54, 1.807) is 12.3 Å². The second-order valence-electron chi connectivity index (χ2n) is 3.67. The molecule has 0 unspecified atom stereocenters. The molecule has 1 aromatic rings. The second-order valence-corrected chi connectivity index (χ2v) is 4.96. The van der Waals surface area contributed by atoms with Gasteiger partial charge in [-0.25, -0.2) is 4.98 Å². The van der Waals surface area contributed by atoms with Gasteiger partial charge in [-0.3, -0.25) is 10.1 Å². The normalized spacial score (nSPS) is 20.6. The minimum Gasteiger partial charge on any atom is -0.316 e. The van der Waals surface area contributed by atoms with Crippen molar-refractivity contribution in [1.82, 2.24) is 10.3 Å². The molecule has 16 heavy (non-hydrogen) atoms. The van der Waals surface area contributed by atoms with Gasteiger partial charge in [0, 0.05) is 24.1 Å². The zero-order valence-corrected chi connectivity index (χ0v) is 9.57. The molecular formula is C10H13N3O2S. The Morgan fingerprint density at radius 1 is 1.62 bits per heavy atom. The molecule has 0 aliphatic carbocycles. The Morgan fingerprint density at radius 3 is 3.19 bits per heavy atom. The molecule has 5 nitrogen and oxygen atoms in total. The molecule has 86 valence electrons. The van der Waals surface area contributed by atoms with Gasteiger partial charge in [0.1, 0.15) is 0 Å². The van der Waals surface area contributed by atoms with Crippen LogP contribution in [0.25, 0.3) is 0 Å². The lowest BCUT2D eigenvalue weighted by Gasteiger charge is -2.21. The summed E-state index contributed by atoms with van der Waals surface area (Å²) >= 11 is 1.50. The molecule has 2 rings (SSSR count). The summed E-state index contributed by atoms with van der Waals surface area (Å²) in [7, 11) is 0. The smallest absolute Gasteiger partial charge is 0.301 e. The lowest BCUT2D eigenvalue weighted by atomic mass is 10.2. The van der Waals surface area contributed by atoms with Crippen molar-refractivity contribution in [2.24, 2.45) is 0 Å². The molecule has 1 aliphatic rings. The summed E-state index contributed by atoms with van der Waals surface area (Å²) in [6.45, 7) is 1.94. The summed E-state index contributed by atoms with van der Waals surface area (Å²) in [6.07, 6.45) is 3.81. The molecule has 1 atom stereocenters. The molecule has 0 aromatic carbocycles. The van der Waals surface area contributed by atoms with Crippen molar-refractivity contribution in [3.05, 3.63) is 28.4 Å². The molecule has 0 bridgehead atoms. The highest BCUT2D eigenvalue weighted by molar-refractivity contribution is 8.00. The first-order valence-electron chi connectivity index (χ1n) is 5.24. The number of hydrogen-bond donors (Lipinski definition) is 1. The van der Waals surface area contributed by atoms with Crippen molar-refractivity contribution in [3.63, 3.8) is 0 Å². The molecular weight excluding hydrogens is 226 g/mol. The molecule has 2 heterocycles. The zero-order chi connectivity index (χ0) is 11.4. The summed E-state index contributed by atoms with van der Waals surface area (Å²) in [6, 6.07) is 3.10. The minimum absolute atomic E-state index is 0.109. The van der Waals surface area contributed by atoms with Gasteiger partial charge in [-0.2, -0.15) is 0 Å². The Balaban J connectivity index is 2.10. The molecule has 1 aliphatic heterocycles. The number of rotatable bonds is 3. The number of aromatic nitrogens is 1. The van der Waals surface area contributed by atoms with E-state index >= 15 is 0 Å². The van der Waals surface area contributed by atoms with Gasteiger partial charge < -0.3 is 5.32 Å². The van der Waals surface area contributed by atoms with Gasteiger partial charge in [0.05, 0.1) is 4.92 Å². The molecule has 0 saturated carbocycles. The van der Waals surface area contributed by atoms with E-state index in [1.807, 2.05) is 0 Å². The maximum absolute atomic E-state index is 10.8. The van der Waals surface area contributed by atoms with Gasteiger partial charge in [0.2, 0.25) is 0 Å². The molecule has 6 heteroatoms. The van der Waals surface area contributed by atoms with Gasteiger partial charge in [-0.1, -0.05) is 11.8 Å². The van der Waals surface area contributed by atoms with E-state index in [2.05, 4.69) is 10.3 Å². The predicted octanol–water partition coefficient (Wildman–Crippen LogP) is 1.83. The number of hydrogen-bond acceptors (Lipinski definition) is 5. The molecule has 0 spiro atoms. The lowest BCUT2D eigenvalue weighted by Crippen LogP contribution is -2.31. The Hall–Kier alpha value is -1.14. The molecule has 0 radical (unpaired) electrons. The van der Waals surface area contributed by atoms with Crippen LogP contribution in [0.1, 0.15) is 12.8 Å². The third kappa shape index (κ3) is 2.70. The van der Waals surface area contributed by atoms with Crippen LogP contribution in [0.2, 0.25) is 0 Å². The average molecular weight is 239 g/mol. The van der Waals surface area contributed by atoms with Gasteiger partial charge in [-0.15, -0.1) is 0 Å². The van der Waals surface area contributed by atoms with E-state index in [-0.39, 0.29) is 10.6 Å². The topological polar surface area (TPSA) is 68.1 Å². The van der Waals surface area contributed by atoms with Crippen molar-refractivity contribution < 1.29 is 4.92 Å². The average Bonchev–Trinajstić information content (AvgIpc) is 2.31. The Kier molecular flexibility index (Phi) is 3.74. The van der Waals surface area contributed by atoms with E-state index in [9.17, 15) is 10.1 Å². The number of nitro groups is 1. The van der Waals surface area contributed by atoms with Crippen LogP contribution in [0.4, 0.5) is 5.69 Å². The number of thioether (sulfide) groups is 1. The highest BCUT2D eigenvalue weighted by Gasteiger charge is 2.20. The van der Waals surface area contributed by atoms with E-state index in [0.29, 0.717) is 10.3 Å². The van der Waals surface area contributed by atoms with Crippen molar-refractivity contribution in [3.8, 4) is 0 Å². The van der Waals surface area contributed by atoms with Crippen LogP contribution in [0.15, 0.2) is 23.4 Å². The predicted molar refractivity (Wildman–Crippen MR) is 62.6 cm³/mol. The van der Waals surface area contributed by atoms with Crippen LogP contribution < -0.4 is 5.32 Å². The van der Waals surface area contributed by atoms with Crippen molar-refractivity contribution in [1.29, 1.82) is 0 Å². The Bertz CT molecular complexity index is 380. The second kappa shape index (κ2) is 5.27. The zero-order valence-electron chi connectivity index (χ0n) is 8.76. The summed E-state index contributed by atoms with van der Waals surface area (Å²) in [4.78, 5) is 14.5. The van der Waals surface area contributed by atoms with Crippen LogP contribution in [-0.4, -0.2) is 28.2 Å². The Labute approximate surface area is 97.8 Å². The van der Waals surface area contributed by atoms with E-state index in [0.717, 1.165) is 25.9 Å². The molecule has 1 N–H and O–H groups in total. The van der Waals surface area contributed by atoms with Crippen LogP contribution in [-0.2, 0) is 0 Å². The Morgan fingerprint density at radius 2 is 2.50 bits per heavy atom. The van der Waals surface area contributed by atoms with Crippen LogP contribution >= 0.6 is 11.8 Å². The van der Waals surface area contributed by atoms with Crippen LogP contribution in [0, 0.1) is 10.1 Å². The van der Waals surface area contributed by atoms with Gasteiger partial charge in [0.25, 0.3) is 0 Å². The van der Waals surface area contributed by atoms with Crippen molar-refractivity contribution in [2.75, 3.05) is 13.1 Å². The highest BCUT2D eigenvalue weighted by atomic mass is 32.2. The quantitative estimate of drug-likeness (QED) is 0.644. The monoisotopic (exact) mass is 239 g/mol. The first kappa shape index (κ1) is 11.3. The van der Waals surface area contributed by atoms with Gasteiger partial charge in [-0.05, 0) is 25.5 Å². The molecule has 1 fully saturated rings. The number of nitrogens with one attached hydrogen (secondary N) is 1. The number of nitrogens with zero attached hydrogens (tertiary/aromatic N) is 2. The lowest BCUT2D eigenvalue weighted by molar-refractivity contribution is -0.388. The molecule has 1 saturated heterocycles.